The summed E-state index contributed by atoms with van der Waals surface area (Å²) in [4.78, 5) is 0. The van der Waals surface area contributed by atoms with Crippen molar-refractivity contribution in [1.29, 1.82) is 0 Å². The van der Waals surface area contributed by atoms with E-state index in [9.17, 15) is 0 Å². The van der Waals surface area contributed by atoms with Gasteiger partial charge in [0, 0.05) is 49.8 Å². The summed E-state index contributed by atoms with van der Waals surface area (Å²) in [6.45, 7) is 4.67. The number of aliphatic hydroxyl groups excluding tert-OH is 1. The number of nitrogens with one attached hydrogen (secondary N) is 1. The third-order valence-corrected chi connectivity index (χ3v) is 5.72. The molecule has 1 aliphatic heterocycles. The van der Waals surface area contributed by atoms with Crippen molar-refractivity contribution in [2.45, 2.75) is 25.8 Å². The molecule has 0 aliphatic carbocycles. The Labute approximate surface area is 181 Å². The topological polar surface area (TPSA) is 40.0 Å². The Morgan fingerprint density at radius 3 is 2.27 bits per heavy atom. The minimum Gasteiger partial charge on any atom is -0.396 e. The zero-order valence-electron chi connectivity index (χ0n) is 18.5. The molecule has 1 fully saturated rings. The van der Waals surface area contributed by atoms with E-state index >= 15 is 0 Å². The molecule has 3 rings (SSSR count). The predicted octanol–water partition coefficient (Wildman–Crippen LogP) is 2.37. The average Bonchev–Trinajstić information content (AvgIpc) is 2.72. The summed E-state index contributed by atoms with van der Waals surface area (Å²) < 4.78 is 5.11. The van der Waals surface area contributed by atoms with Crippen LogP contribution in [-0.2, 0) is 6.54 Å². The Kier molecular flexibility index (Phi) is 8.31. The largest absolute Gasteiger partial charge is 0.396 e. The standard InChI is InChI=1S/C25H37N4O/c1-29(2,19-6-20-30)18-4-3-12-27-14-8-24(9-15-27)25-10-16-28(17-11-25)13-5-7-23-21-26-22-23/h3-4,8-12,14-18,23,26,30H,5-7,13,19-22H2,1-2H3/q+3/b12-3+,18-4+. The highest BCUT2D eigenvalue weighted by Crippen LogP contribution is 2.16. The highest BCUT2D eigenvalue weighted by molar-refractivity contribution is 5.61. The van der Waals surface area contributed by atoms with E-state index in [4.69, 9.17) is 5.11 Å². The molecule has 0 amide bonds. The van der Waals surface area contributed by atoms with Gasteiger partial charge >= 0.3 is 0 Å². The van der Waals surface area contributed by atoms with Gasteiger partial charge in [-0.2, -0.15) is 4.57 Å². The van der Waals surface area contributed by atoms with Crippen molar-refractivity contribution in [3.05, 3.63) is 67.4 Å². The summed E-state index contributed by atoms with van der Waals surface area (Å²) in [6.07, 6.45) is 20.2. The van der Waals surface area contributed by atoms with Crippen LogP contribution in [0.25, 0.3) is 17.3 Å². The van der Waals surface area contributed by atoms with Crippen molar-refractivity contribution < 1.29 is 18.7 Å². The van der Waals surface area contributed by atoms with Gasteiger partial charge in [-0.1, -0.05) is 0 Å². The number of hydrogen-bond donors (Lipinski definition) is 2. The lowest BCUT2D eigenvalue weighted by molar-refractivity contribution is -0.839. The smallest absolute Gasteiger partial charge is 0.175 e. The second-order valence-electron chi connectivity index (χ2n) is 8.79. The van der Waals surface area contributed by atoms with Gasteiger partial charge < -0.3 is 14.9 Å². The van der Waals surface area contributed by atoms with E-state index < -0.39 is 0 Å². The quantitative estimate of drug-likeness (QED) is 0.340. The number of hydrogen-bond acceptors (Lipinski definition) is 2. The van der Waals surface area contributed by atoms with E-state index in [-0.39, 0.29) is 6.61 Å². The van der Waals surface area contributed by atoms with Gasteiger partial charge in [-0.05, 0) is 42.6 Å². The minimum absolute atomic E-state index is 0.243. The highest BCUT2D eigenvalue weighted by atomic mass is 16.3. The summed E-state index contributed by atoms with van der Waals surface area (Å²) >= 11 is 0. The Morgan fingerprint density at radius 2 is 1.67 bits per heavy atom. The van der Waals surface area contributed by atoms with E-state index in [1.54, 1.807) is 0 Å². The van der Waals surface area contributed by atoms with Gasteiger partial charge in [0.2, 0.25) is 0 Å². The molecule has 0 bridgehead atoms. The number of aliphatic hydroxyl groups is 1. The molecule has 0 aromatic carbocycles. The Hall–Kier alpha value is -2.34. The van der Waals surface area contributed by atoms with Gasteiger partial charge in [-0.25, -0.2) is 4.57 Å². The molecule has 3 heterocycles. The summed E-state index contributed by atoms with van der Waals surface area (Å²) in [6, 6.07) is 8.71. The van der Waals surface area contributed by atoms with Crippen LogP contribution in [0.15, 0.2) is 67.4 Å². The van der Waals surface area contributed by atoms with E-state index in [0.717, 1.165) is 29.9 Å². The fourth-order valence-electron chi connectivity index (χ4n) is 3.63. The average molecular weight is 410 g/mol. The van der Waals surface area contributed by atoms with Gasteiger partial charge in [0.1, 0.15) is 6.54 Å². The predicted molar refractivity (Wildman–Crippen MR) is 121 cm³/mol. The van der Waals surface area contributed by atoms with Crippen LogP contribution in [0, 0.1) is 5.92 Å². The molecule has 2 N–H and O–H groups in total. The third kappa shape index (κ3) is 7.17. The first kappa shape index (κ1) is 22.3. The maximum atomic E-state index is 8.98. The van der Waals surface area contributed by atoms with Crippen LogP contribution >= 0.6 is 0 Å². The van der Waals surface area contributed by atoms with Crippen molar-refractivity contribution in [3.63, 3.8) is 0 Å². The van der Waals surface area contributed by atoms with E-state index in [0.29, 0.717) is 0 Å². The minimum atomic E-state index is 0.243. The number of rotatable bonds is 11. The van der Waals surface area contributed by atoms with Crippen molar-refractivity contribution in [2.75, 3.05) is 40.3 Å². The first-order valence-corrected chi connectivity index (χ1v) is 11.1. The molecule has 0 atom stereocenters. The summed E-state index contributed by atoms with van der Waals surface area (Å²) in [5.41, 5.74) is 2.47. The number of quaternary nitrogens is 1. The normalized spacial score (nSPS) is 15.2. The number of aryl methyl sites for hydroxylation is 1. The fourth-order valence-corrected chi connectivity index (χ4v) is 3.63. The lowest BCUT2D eigenvalue weighted by Gasteiger charge is -2.26. The molecule has 30 heavy (non-hydrogen) atoms. The molecule has 1 saturated heterocycles. The third-order valence-electron chi connectivity index (χ3n) is 5.72. The van der Waals surface area contributed by atoms with Crippen LogP contribution in [0.5, 0.6) is 0 Å². The van der Waals surface area contributed by atoms with E-state index in [1.165, 1.54) is 37.1 Å². The number of aromatic nitrogens is 2. The summed E-state index contributed by atoms with van der Waals surface area (Å²) in [5.74, 6) is 0.891. The Balaban J connectivity index is 1.49. The van der Waals surface area contributed by atoms with Crippen LogP contribution in [0.2, 0.25) is 0 Å². The molecule has 0 saturated carbocycles. The summed E-state index contributed by atoms with van der Waals surface area (Å²) in [7, 11) is 4.27. The van der Waals surface area contributed by atoms with E-state index in [2.05, 4.69) is 89.9 Å². The molecule has 1 aliphatic rings. The van der Waals surface area contributed by atoms with Gasteiger partial charge in [-0.15, -0.1) is 0 Å². The molecule has 2 aromatic heterocycles. The number of allylic oxidation sites excluding steroid dienone is 2. The van der Waals surface area contributed by atoms with Gasteiger partial charge in [-0.3, -0.25) is 0 Å². The molecule has 2 aromatic rings. The molecule has 5 nitrogen and oxygen atoms in total. The molecule has 5 heteroatoms. The maximum absolute atomic E-state index is 8.98. The van der Waals surface area contributed by atoms with Crippen LogP contribution in [0.3, 0.4) is 0 Å². The summed E-state index contributed by atoms with van der Waals surface area (Å²) in [5, 5.41) is 12.3. The Bertz CT molecular complexity index is 821. The van der Waals surface area contributed by atoms with Gasteiger partial charge in [0.05, 0.1) is 26.8 Å². The zero-order valence-corrected chi connectivity index (χ0v) is 18.5. The van der Waals surface area contributed by atoms with Crippen molar-refractivity contribution in [2.24, 2.45) is 5.92 Å². The van der Waals surface area contributed by atoms with Crippen molar-refractivity contribution >= 4 is 6.20 Å². The lowest BCUT2D eigenvalue weighted by Crippen LogP contribution is -2.42. The molecule has 0 spiro atoms. The first-order valence-electron chi connectivity index (χ1n) is 11.1. The van der Waals surface area contributed by atoms with Crippen LogP contribution < -0.4 is 14.5 Å². The SMILES string of the molecule is C[N+](C)(/C=C/C=C/[n+]1ccc(-c2cc[n+](CCCC3CNC3)cc2)cc1)CCCO. The molecule has 0 unspecified atom stereocenters. The molecule has 160 valence electrons. The van der Waals surface area contributed by atoms with Gasteiger partial charge in [0.15, 0.2) is 31.0 Å². The number of pyridine rings is 2. The highest BCUT2D eigenvalue weighted by Gasteiger charge is 2.16. The molecular formula is C25H37N4O+3. The van der Waals surface area contributed by atoms with Crippen LogP contribution in [0.4, 0.5) is 0 Å². The molecule has 0 radical (unpaired) electrons. The Morgan fingerprint density at radius 1 is 1.00 bits per heavy atom. The number of nitrogens with zero attached hydrogens (tertiary/aromatic N) is 3. The monoisotopic (exact) mass is 409 g/mol. The first-order chi connectivity index (χ1) is 14.6. The second-order valence-corrected chi connectivity index (χ2v) is 8.79. The second kappa shape index (κ2) is 11.2. The fraction of sp³-hybridized carbons (Fsp3) is 0.440. The van der Waals surface area contributed by atoms with E-state index in [1.807, 2.05) is 12.3 Å². The van der Waals surface area contributed by atoms with Crippen LogP contribution in [-0.4, -0.2) is 49.9 Å². The van der Waals surface area contributed by atoms with Gasteiger partial charge in [0.25, 0.3) is 0 Å². The van der Waals surface area contributed by atoms with Crippen molar-refractivity contribution in [3.8, 4) is 11.1 Å². The lowest BCUT2D eigenvalue weighted by atomic mass is 9.97. The molecular weight excluding hydrogens is 372 g/mol. The maximum Gasteiger partial charge on any atom is 0.175 e. The van der Waals surface area contributed by atoms with Crippen molar-refractivity contribution in [1.82, 2.24) is 5.32 Å². The van der Waals surface area contributed by atoms with Crippen LogP contribution in [0.1, 0.15) is 19.3 Å². The zero-order chi connectivity index (χ0) is 21.2.